The van der Waals surface area contributed by atoms with Gasteiger partial charge >= 0.3 is 21.2 Å². The van der Waals surface area contributed by atoms with Crippen LogP contribution >= 0.6 is 38.4 Å². The molecule has 0 aromatic heterocycles. The molecule has 670 valence electrons. The Kier molecular flexibility index (Phi) is 28.6. The van der Waals surface area contributed by atoms with Gasteiger partial charge in [-0.15, -0.1) is 0 Å². The number of rotatable bonds is 20. The smallest absolute Gasteiger partial charge is 0.341 e. The minimum absolute atomic E-state index is 0.151. The molecule has 26 N–H and O–H groups in total. The van der Waals surface area contributed by atoms with Crippen LogP contribution in [0.4, 0.5) is 0 Å². The summed E-state index contributed by atoms with van der Waals surface area (Å²) in [6.07, 6.45) is -27.9. The predicted molar refractivity (Wildman–Crippen MR) is 422 cm³/mol. The molecule has 8 heterocycles. The van der Waals surface area contributed by atoms with Crippen LogP contribution in [0.1, 0.15) is 132 Å². The number of carbonyl (C=O) groups is 9. The number of phenols is 3. The number of aromatic hydroxyl groups is 3. The number of fused-ring (bicyclic) bond motifs is 15. The Morgan fingerprint density at radius 2 is 1.24 bits per heavy atom. The van der Waals surface area contributed by atoms with Gasteiger partial charge in [-0.2, -0.15) is 0 Å². The minimum Gasteiger partial charge on any atom is -0.508 e. The summed E-state index contributed by atoms with van der Waals surface area (Å²) < 4.78 is 76.2. The number of carboxylic acid groups (broad SMARTS) is 1. The van der Waals surface area contributed by atoms with Crippen molar-refractivity contribution in [1.29, 1.82) is 0 Å². The standard InChI is InChI=1S/C76H94Cl2N10O33P2/c1-27(2)14-39(81-7)67(100)86-57-59(95)31-9-12-43(37(77)16-31)116-45-18-33-19-46(63(45)121-74-64(61(97)60(96)47(26-89)118-74)120-51-25-76(6,66(99)29(4)115-51)88-49(94)23-52(122(108,109)110)123(111,112)113)117-44-13-10-32(17-38(44)78)62(119-50-24-75(5,80)65(98)28(3)114-50)58-72(105)85-56(73(106)107)36-20-34(90)21-42(92)53(36)35-15-30(8-11-41(35)91)54(69(102)87-58)84-70(103)55(33)83-68(101)40(22-48(79)93)82-71(57)104/h8-13,15-21,27-29,39-40,47,50-52,54-62,64-66,74,81,89-92,95-99H,14,22-26,80H2,1-7H3,(H2,79,93)(H,82,104)(H,83,101)(H,84,103)(H,85,105)(H,86,100)(H,87,102)(H,88,94)(H,106,107)(H2,108,109,110)(H2,111,112,113)/t28-,29-,39+,40-,47+,50-,51-,54+,55+,56-,57+,58-,59+,60+,61-,62+,64+,65-,66-,74-,75-,76-/m0/s1. The Morgan fingerprint density at radius 1 is 0.667 bits per heavy atom. The van der Waals surface area contributed by atoms with E-state index in [1.807, 2.05) is 0 Å². The highest BCUT2D eigenvalue weighted by Gasteiger charge is 2.55. The van der Waals surface area contributed by atoms with Crippen molar-refractivity contribution < 1.29 is 161 Å². The molecule has 0 radical (unpaired) electrons. The fourth-order valence-corrected chi connectivity index (χ4v) is 18.1. The number of aliphatic hydroxyl groups excluding tert-OH is 6. The SMILES string of the molecule is CN[C@H](CC(C)C)C(=O)N[C@H]1C(=O)N[C@@H](CC(N)=O)C(=O)N[C@H]2C(=O)N[C@H]3C(=O)N[C@H](C(=O)N[C@H](C(=O)O)c4cc(O)cc(O)c4-c4cc3ccc4O)[C@H](O[C@H]3C[C@](C)(N)[C@@H](O)[C@H](C)O3)c3ccc(c(Cl)c3)Oc3cc2cc(c3O[C@@H]2O[C@H](CO)[C@@H](O)[C@H](O)[C@H]2O[C@H]2C[C@](C)(NC(=O)CC(P(=O)(O)O)P(=O)(O)O)[C@@H](O)[C@H](C)O2)Oc2ccc(cc2Cl)[C@H]1O. The zero-order valence-corrected chi connectivity index (χ0v) is 69.6. The molecular formula is C76H94Cl2N10O33P2. The molecule has 0 aliphatic carbocycles. The molecule has 0 saturated carbocycles. The minimum atomic E-state index is -5.72. The highest BCUT2D eigenvalue weighted by molar-refractivity contribution is 7.70. The average molecular weight is 1810 g/mol. The monoisotopic (exact) mass is 1810 g/mol. The summed E-state index contributed by atoms with van der Waals surface area (Å²) in [5.74, 6) is -18.8. The molecular weight excluding hydrogens is 1710 g/mol. The highest BCUT2D eigenvalue weighted by Crippen LogP contribution is 2.61. The van der Waals surface area contributed by atoms with Crippen molar-refractivity contribution in [2.24, 2.45) is 17.4 Å². The highest BCUT2D eigenvalue weighted by atomic mass is 35.5. The van der Waals surface area contributed by atoms with Gasteiger partial charge in [-0.05, 0) is 124 Å². The van der Waals surface area contributed by atoms with E-state index in [2.05, 4.69) is 42.5 Å². The number of carboxylic acids is 1. The van der Waals surface area contributed by atoms with E-state index in [-0.39, 0.29) is 23.5 Å². The Hall–Kier alpha value is -9.51. The largest absolute Gasteiger partial charge is 0.508 e. The van der Waals surface area contributed by atoms with Crippen LogP contribution in [-0.2, 0) is 76.0 Å². The second kappa shape index (κ2) is 37.3. The number of halogens is 2. The van der Waals surface area contributed by atoms with Gasteiger partial charge in [-0.1, -0.05) is 55.2 Å². The van der Waals surface area contributed by atoms with Gasteiger partial charge in [0.1, 0.15) is 95.6 Å². The van der Waals surface area contributed by atoms with Crippen LogP contribution in [0.5, 0.6) is 46.0 Å². The van der Waals surface area contributed by atoms with Crippen molar-refractivity contribution in [2.45, 2.75) is 212 Å². The number of hydrogen-bond donors (Lipinski definition) is 24. The van der Waals surface area contributed by atoms with E-state index < -0.39 is 323 Å². The number of benzene rings is 5. The van der Waals surface area contributed by atoms with Gasteiger partial charge < -0.3 is 163 Å². The lowest BCUT2D eigenvalue weighted by atomic mass is 9.84. The van der Waals surface area contributed by atoms with Crippen molar-refractivity contribution in [3.63, 3.8) is 0 Å². The molecule has 22 atom stereocenters. The second-order valence-electron chi connectivity index (χ2n) is 31.6. The van der Waals surface area contributed by atoms with Crippen molar-refractivity contribution in [1.82, 2.24) is 42.5 Å². The fraction of sp³-hybridized carbons (Fsp3) is 0.487. The van der Waals surface area contributed by atoms with Gasteiger partial charge in [0.05, 0.1) is 59.4 Å². The summed E-state index contributed by atoms with van der Waals surface area (Å²) in [4.78, 5) is 174. The molecule has 47 heteroatoms. The van der Waals surface area contributed by atoms with E-state index in [9.17, 15) is 98.9 Å². The molecule has 8 aliphatic heterocycles. The number of aliphatic hydroxyl groups is 6. The van der Waals surface area contributed by atoms with Gasteiger partial charge in [-0.25, -0.2) is 4.79 Å². The maximum atomic E-state index is 16.5. The van der Waals surface area contributed by atoms with Gasteiger partial charge in [-0.3, -0.25) is 47.5 Å². The predicted octanol–water partition coefficient (Wildman–Crippen LogP) is -0.427. The summed E-state index contributed by atoms with van der Waals surface area (Å²) >= 11 is 14.5. The Labute approximate surface area is 709 Å². The molecule has 123 heavy (non-hydrogen) atoms. The van der Waals surface area contributed by atoms with E-state index in [0.717, 1.165) is 72.8 Å². The third-order valence-electron chi connectivity index (χ3n) is 21.7. The molecule has 8 amide bonds. The zero-order chi connectivity index (χ0) is 90.5. The van der Waals surface area contributed by atoms with Crippen molar-refractivity contribution in [3.8, 4) is 57.1 Å². The maximum Gasteiger partial charge on any atom is 0.341 e. The summed E-state index contributed by atoms with van der Waals surface area (Å²) in [5, 5.41) is 132. The van der Waals surface area contributed by atoms with Gasteiger partial charge in [0.15, 0.2) is 41.6 Å². The number of nitrogens with one attached hydrogen (secondary N) is 8. The lowest BCUT2D eigenvalue weighted by Gasteiger charge is -2.48. The molecule has 43 nitrogen and oxygen atoms in total. The lowest BCUT2D eigenvalue weighted by Crippen LogP contribution is -2.66. The molecule has 13 rings (SSSR count). The number of primary amides is 1. The lowest BCUT2D eigenvalue weighted by molar-refractivity contribution is -0.334. The first-order valence-electron chi connectivity index (χ1n) is 38.2. The summed E-state index contributed by atoms with van der Waals surface area (Å²) in [6.45, 7) is 7.72. The van der Waals surface area contributed by atoms with Crippen molar-refractivity contribution >= 4 is 91.6 Å². The quantitative estimate of drug-likeness (QED) is 0.0440. The van der Waals surface area contributed by atoms with Crippen LogP contribution in [0.2, 0.25) is 10.0 Å². The number of amides is 8. The first kappa shape index (κ1) is 94.2. The number of phenolic OH excluding ortho intramolecular Hbond substituents is 3. The van der Waals surface area contributed by atoms with E-state index >= 15 is 24.0 Å². The summed E-state index contributed by atoms with van der Waals surface area (Å²) in [7, 11) is -10.0. The third-order valence-corrected chi connectivity index (χ3v) is 26.0. The Bertz CT molecular complexity index is 5000. The van der Waals surface area contributed by atoms with E-state index in [1.54, 1.807) is 13.8 Å². The number of aliphatic carboxylic acids is 1. The van der Waals surface area contributed by atoms with Crippen LogP contribution < -0.4 is 68.2 Å². The fourth-order valence-electron chi connectivity index (χ4n) is 15.3. The number of ether oxygens (including phenoxy) is 8. The van der Waals surface area contributed by atoms with Gasteiger partial charge in [0.25, 0.3) is 0 Å². The Morgan fingerprint density at radius 3 is 1.82 bits per heavy atom. The molecule has 0 spiro atoms. The molecule has 5 aromatic rings. The van der Waals surface area contributed by atoms with Crippen LogP contribution in [0.15, 0.2) is 78.9 Å². The molecule has 5 aromatic carbocycles. The van der Waals surface area contributed by atoms with Crippen molar-refractivity contribution in [2.75, 3.05) is 13.7 Å². The van der Waals surface area contributed by atoms with Gasteiger partial charge in [0, 0.05) is 41.1 Å². The maximum absolute atomic E-state index is 16.5. The van der Waals surface area contributed by atoms with Crippen LogP contribution in [0.25, 0.3) is 11.1 Å². The van der Waals surface area contributed by atoms with E-state index in [0.29, 0.717) is 0 Å². The number of nitrogens with two attached hydrogens (primary N) is 2. The molecule has 0 unspecified atom stereocenters. The summed E-state index contributed by atoms with van der Waals surface area (Å²) in [5.41, 5.74) is 5.60. The molecule has 3 fully saturated rings. The van der Waals surface area contributed by atoms with Gasteiger partial charge in [0.2, 0.25) is 59.3 Å². The first-order chi connectivity index (χ1) is 57.5. The van der Waals surface area contributed by atoms with Crippen LogP contribution in [0, 0.1) is 5.92 Å². The molecule has 3 saturated heterocycles. The third kappa shape index (κ3) is 20.9. The normalized spacial score (nSPS) is 30.4. The topological polar surface area (TPSA) is 693 Å². The van der Waals surface area contributed by atoms with Crippen molar-refractivity contribution in [3.05, 3.63) is 117 Å². The van der Waals surface area contributed by atoms with E-state index in [4.69, 9.17) is 72.6 Å². The van der Waals surface area contributed by atoms with Crippen LogP contribution in [-0.4, -0.2) is 246 Å². The molecule has 8 aliphatic rings. The van der Waals surface area contributed by atoms with Crippen LogP contribution in [0.3, 0.4) is 0 Å². The number of likely N-dealkylation sites (N-methyl/N-ethyl adjacent to an activating group) is 1. The summed E-state index contributed by atoms with van der Waals surface area (Å²) in [6, 6.07) is -1.82. The number of hydrogen-bond acceptors (Lipinski definition) is 30. The number of carbonyl (C=O) groups excluding carboxylic acids is 8. The zero-order valence-electron chi connectivity index (χ0n) is 66.3. The molecule has 11 bridgehead atoms. The second-order valence-corrected chi connectivity index (χ2v) is 36.4. The Balaban J connectivity index is 1.17. The van der Waals surface area contributed by atoms with E-state index in [1.165, 1.54) is 40.8 Å². The average Bonchev–Trinajstić information content (AvgIpc) is 0.761. The first-order valence-corrected chi connectivity index (χ1v) is 42.3.